The molecule has 0 saturated heterocycles. The summed E-state index contributed by atoms with van der Waals surface area (Å²) < 4.78 is 1.54. The summed E-state index contributed by atoms with van der Waals surface area (Å²) >= 11 is 0. The van der Waals surface area contributed by atoms with Gasteiger partial charge in [0, 0.05) is 28.9 Å². The molecule has 0 spiro atoms. The van der Waals surface area contributed by atoms with Crippen molar-refractivity contribution in [2.45, 2.75) is 6.54 Å². The summed E-state index contributed by atoms with van der Waals surface area (Å²) in [6.07, 6.45) is 3.14. The van der Waals surface area contributed by atoms with Crippen LogP contribution in [0, 0.1) is 0 Å². The molecular formula is C27H19N3O4. The molecule has 2 N–H and O–H groups in total. The highest BCUT2D eigenvalue weighted by molar-refractivity contribution is 6.03. The van der Waals surface area contributed by atoms with E-state index in [0.717, 1.165) is 5.56 Å². The number of carboxylic acids is 1. The van der Waals surface area contributed by atoms with Crippen LogP contribution < -0.4 is 5.56 Å². The maximum atomic E-state index is 13.8. The number of carbonyl (C=O) groups is 1. The van der Waals surface area contributed by atoms with Crippen LogP contribution in [0.2, 0.25) is 0 Å². The molecule has 166 valence electrons. The zero-order valence-electron chi connectivity index (χ0n) is 17.9. The monoisotopic (exact) mass is 449 g/mol. The molecule has 3 heterocycles. The number of benzene rings is 2. The van der Waals surface area contributed by atoms with Crippen LogP contribution >= 0.6 is 0 Å². The van der Waals surface area contributed by atoms with Crippen LogP contribution in [0.1, 0.15) is 16.1 Å². The van der Waals surface area contributed by atoms with E-state index in [1.54, 1.807) is 36.7 Å². The summed E-state index contributed by atoms with van der Waals surface area (Å²) in [6.45, 7) is 0.206. The number of pyridine rings is 3. The molecule has 0 radical (unpaired) electrons. The summed E-state index contributed by atoms with van der Waals surface area (Å²) in [7, 11) is 0. The number of aromatic nitrogens is 3. The standard InChI is InChI=1S/C27H19N3O4/c31-25-21-14-20(18-10-5-2-6-11-18)26(32)30(16-17-8-3-1-4-9-17)24(21)22(29-23(25)27(33)34)19-12-7-13-28-15-19/h1-15,31H,16H2,(H,33,34). The highest BCUT2D eigenvalue weighted by Gasteiger charge is 2.24. The maximum Gasteiger partial charge on any atom is 0.358 e. The molecule has 0 amide bonds. The van der Waals surface area contributed by atoms with Crippen molar-refractivity contribution in [3.05, 3.63) is 113 Å². The molecule has 0 aliphatic rings. The number of hydrogen-bond acceptors (Lipinski definition) is 5. The number of aromatic hydroxyl groups is 1. The molecule has 0 aliphatic heterocycles. The summed E-state index contributed by atoms with van der Waals surface area (Å²) in [5.41, 5.74) is 2.23. The molecular weight excluding hydrogens is 430 g/mol. The smallest absolute Gasteiger partial charge is 0.358 e. The molecule has 0 atom stereocenters. The summed E-state index contributed by atoms with van der Waals surface area (Å²) in [5, 5.41) is 20.9. The number of fused-ring (bicyclic) bond motifs is 1. The van der Waals surface area contributed by atoms with E-state index in [1.165, 1.54) is 10.6 Å². The fourth-order valence-electron chi connectivity index (χ4n) is 4.04. The minimum Gasteiger partial charge on any atom is -0.505 e. The lowest BCUT2D eigenvalue weighted by Crippen LogP contribution is -2.24. The average molecular weight is 449 g/mol. The van der Waals surface area contributed by atoms with Gasteiger partial charge in [-0.15, -0.1) is 0 Å². The minimum atomic E-state index is -1.37. The van der Waals surface area contributed by atoms with Crippen molar-refractivity contribution in [3.63, 3.8) is 0 Å². The van der Waals surface area contributed by atoms with Crippen molar-refractivity contribution in [1.29, 1.82) is 0 Å². The normalized spacial score (nSPS) is 10.9. The van der Waals surface area contributed by atoms with E-state index in [4.69, 9.17) is 0 Å². The Morgan fingerprint density at radius 3 is 2.24 bits per heavy atom. The Balaban J connectivity index is 1.94. The number of nitrogens with zero attached hydrogens (tertiary/aromatic N) is 3. The highest BCUT2D eigenvalue weighted by Crippen LogP contribution is 2.36. The molecule has 7 nitrogen and oxygen atoms in total. The molecule has 0 bridgehead atoms. The Kier molecular flexibility index (Phi) is 5.35. The SMILES string of the molecule is O=C(O)c1nc(-c2cccnc2)c2c(cc(-c3ccccc3)c(=O)n2Cc2ccccc2)c1O. The number of hydrogen-bond donors (Lipinski definition) is 2. The van der Waals surface area contributed by atoms with Gasteiger partial charge in [-0.05, 0) is 29.3 Å². The Labute approximate surface area is 194 Å². The molecule has 2 aromatic carbocycles. The van der Waals surface area contributed by atoms with E-state index in [-0.39, 0.29) is 23.2 Å². The molecule has 34 heavy (non-hydrogen) atoms. The van der Waals surface area contributed by atoms with Gasteiger partial charge in [0.2, 0.25) is 0 Å². The Morgan fingerprint density at radius 1 is 0.912 bits per heavy atom. The van der Waals surface area contributed by atoms with Gasteiger partial charge in [0.15, 0.2) is 11.4 Å². The third-order valence-electron chi connectivity index (χ3n) is 5.62. The van der Waals surface area contributed by atoms with Crippen molar-refractivity contribution >= 4 is 16.9 Å². The largest absolute Gasteiger partial charge is 0.505 e. The van der Waals surface area contributed by atoms with Crippen LogP contribution in [0.5, 0.6) is 5.75 Å². The lowest BCUT2D eigenvalue weighted by atomic mass is 10.0. The first-order chi connectivity index (χ1) is 16.5. The molecule has 7 heteroatoms. The Hall–Kier alpha value is -4.78. The van der Waals surface area contributed by atoms with Gasteiger partial charge in [-0.1, -0.05) is 60.7 Å². The first-order valence-corrected chi connectivity index (χ1v) is 10.6. The van der Waals surface area contributed by atoms with Crippen molar-refractivity contribution in [3.8, 4) is 28.1 Å². The van der Waals surface area contributed by atoms with Crippen molar-refractivity contribution in [2.24, 2.45) is 0 Å². The first kappa shape index (κ1) is 21.1. The summed E-state index contributed by atoms with van der Waals surface area (Å²) in [6, 6.07) is 23.5. The molecule has 0 aliphatic carbocycles. The van der Waals surface area contributed by atoms with Crippen molar-refractivity contribution in [1.82, 2.24) is 14.5 Å². The second kappa shape index (κ2) is 8.63. The van der Waals surface area contributed by atoms with E-state index in [9.17, 15) is 19.8 Å². The van der Waals surface area contributed by atoms with Gasteiger partial charge in [-0.25, -0.2) is 9.78 Å². The average Bonchev–Trinajstić information content (AvgIpc) is 2.87. The summed E-state index contributed by atoms with van der Waals surface area (Å²) in [4.78, 5) is 34.2. The van der Waals surface area contributed by atoms with E-state index in [1.807, 2.05) is 48.5 Å². The van der Waals surface area contributed by atoms with Gasteiger partial charge in [-0.2, -0.15) is 0 Å². The van der Waals surface area contributed by atoms with Crippen LogP contribution in [0.3, 0.4) is 0 Å². The second-order valence-electron chi connectivity index (χ2n) is 7.77. The lowest BCUT2D eigenvalue weighted by molar-refractivity contribution is 0.0687. The number of carboxylic acid groups (broad SMARTS) is 1. The van der Waals surface area contributed by atoms with Gasteiger partial charge < -0.3 is 14.8 Å². The van der Waals surface area contributed by atoms with Crippen LogP contribution in [0.25, 0.3) is 33.3 Å². The van der Waals surface area contributed by atoms with Gasteiger partial charge >= 0.3 is 5.97 Å². The predicted molar refractivity (Wildman–Crippen MR) is 129 cm³/mol. The van der Waals surface area contributed by atoms with Crippen LogP contribution in [0.4, 0.5) is 0 Å². The van der Waals surface area contributed by atoms with E-state index in [2.05, 4.69) is 9.97 Å². The zero-order chi connectivity index (χ0) is 23.7. The molecule has 0 unspecified atom stereocenters. The zero-order valence-corrected chi connectivity index (χ0v) is 17.9. The van der Waals surface area contributed by atoms with Crippen LogP contribution in [-0.4, -0.2) is 30.7 Å². The van der Waals surface area contributed by atoms with Crippen molar-refractivity contribution in [2.75, 3.05) is 0 Å². The predicted octanol–water partition coefficient (Wildman–Crippen LogP) is 4.58. The van der Waals surface area contributed by atoms with Crippen LogP contribution in [-0.2, 0) is 6.54 Å². The van der Waals surface area contributed by atoms with Crippen molar-refractivity contribution < 1.29 is 15.0 Å². The minimum absolute atomic E-state index is 0.206. The quantitative estimate of drug-likeness (QED) is 0.407. The first-order valence-electron chi connectivity index (χ1n) is 10.6. The fourth-order valence-corrected chi connectivity index (χ4v) is 4.04. The molecule has 5 aromatic rings. The molecule has 0 saturated carbocycles. The van der Waals surface area contributed by atoms with Gasteiger partial charge in [0.1, 0.15) is 0 Å². The lowest BCUT2D eigenvalue weighted by Gasteiger charge is -2.18. The third kappa shape index (κ3) is 3.69. The highest BCUT2D eigenvalue weighted by atomic mass is 16.4. The number of aromatic carboxylic acids is 1. The second-order valence-corrected chi connectivity index (χ2v) is 7.77. The van der Waals surface area contributed by atoms with E-state index in [0.29, 0.717) is 22.2 Å². The molecule has 0 fully saturated rings. The van der Waals surface area contributed by atoms with E-state index < -0.39 is 17.4 Å². The summed E-state index contributed by atoms with van der Waals surface area (Å²) in [5.74, 6) is -1.86. The van der Waals surface area contributed by atoms with Gasteiger partial charge in [0.25, 0.3) is 5.56 Å². The Morgan fingerprint density at radius 2 is 1.59 bits per heavy atom. The maximum absolute atomic E-state index is 13.8. The van der Waals surface area contributed by atoms with Gasteiger partial charge in [0.05, 0.1) is 17.8 Å². The van der Waals surface area contributed by atoms with Gasteiger partial charge in [-0.3, -0.25) is 9.78 Å². The van der Waals surface area contributed by atoms with E-state index >= 15 is 0 Å². The number of rotatable bonds is 5. The molecule has 5 rings (SSSR count). The van der Waals surface area contributed by atoms with Crippen LogP contribution in [0.15, 0.2) is 96.1 Å². The topological polar surface area (TPSA) is 105 Å². The fraction of sp³-hybridized carbons (Fsp3) is 0.0370. The third-order valence-corrected chi connectivity index (χ3v) is 5.62. The molecule has 3 aromatic heterocycles. The Bertz CT molecular complexity index is 1560.